The Kier molecular flexibility index (Phi) is 12.2. The maximum absolute atomic E-state index is 15.6. The minimum absolute atomic E-state index is 0.152. The van der Waals surface area contributed by atoms with Crippen molar-refractivity contribution < 1.29 is 36.3 Å². The van der Waals surface area contributed by atoms with E-state index in [9.17, 15) is 27.6 Å². The molecule has 3 aromatic heterocycles. The number of benzene rings is 3. The van der Waals surface area contributed by atoms with Crippen LogP contribution in [0.3, 0.4) is 0 Å². The Labute approximate surface area is 342 Å². The Morgan fingerprint density at radius 1 is 0.900 bits per heavy atom. The number of ether oxygens (including phenoxy) is 2. The number of nitrogens with zero attached hydrogens (tertiary/aromatic N) is 5. The lowest BCUT2D eigenvalue weighted by Gasteiger charge is -2.25. The number of hydrogen-bond acceptors (Lipinski definition) is 11. The van der Waals surface area contributed by atoms with Gasteiger partial charge in [-0.2, -0.15) is 0 Å². The highest BCUT2D eigenvalue weighted by atomic mass is 32.2. The molecule has 6 aromatic rings. The quantitative estimate of drug-likeness (QED) is 0.149. The Bertz CT molecular complexity index is 2790. The van der Waals surface area contributed by atoms with Gasteiger partial charge < -0.3 is 14.8 Å². The third-order valence-corrected chi connectivity index (χ3v) is 11.5. The summed E-state index contributed by atoms with van der Waals surface area (Å²) in [7, 11) is -1.39. The number of fused-ring (bicyclic) bond motifs is 1. The van der Waals surface area contributed by atoms with E-state index in [0.29, 0.717) is 53.0 Å². The molecular weight excluding hydrogens is 801 g/mol. The van der Waals surface area contributed by atoms with Crippen molar-refractivity contribution in [3.63, 3.8) is 0 Å². The second kappa shape index (κ2) is 17.7. The zero-order valence-electron chi connectivity index (χ0n) is 32.4. The lowest BCUT2D eigenvalue weighted by atomic mass is 9.97. The molecule has 0 radical (unpaired) electrons. The Balaban J connectivity index is 1.09. The first-order chi connectivity index (χ1) is 28.8. The minimum atomic E-state index is -4.42. The highest BCUT2D eigenvalue weighted by molar-refractivity contribution is 7.92. The molecule has 0 aliphatic heterocycles. The molecule has 15 nitrogen and oxygen atoms in total. The predicted molar refractivity (Wildman–Crippen MR) is 216 cm³/mol. The fourth-order valence-corrected chi connectivity index (χ4v) is 7.99. The van der Waals surface area contributed by atoms with E-state index in [0.717, 1.165) is 23.8 Å². The summed E-state index contributed by atoms with van der Waals surface area (Å²) in [6, 6.07) is 12.9. The molecule has 3 aromatic carbocycles. The molecule has 18 heteroatoms. The molecule has 1 fully saturated rings. The normalized spacial score (nSPS) is 13.8. The number of nitrogens with one attached hydrogen (secondary N) is 2. The number of aromatic nitrogens is 5. The zero-order chi connectivity index (χ0) is 42.6. The van der Waals surface area contributed by atoms with Crippen molar-refractivity contribution in [3.8, 4) is 16.8 Å². The van der Waals surface area contributed by atoms with Gasteiger partial charge in [-0.15, -0.1) is 0 Å². The maximum Gasteiger partial charge on any atom is 0.335 e. The molecule has 1 unspecified atom stereocenters. The van der Waals surface area contributed by atoms with Crippen molar-refractivity contribution in [1.82, 2.24) is 29.4 Å². The summed E-state index contributed by atoms with van der Waals surface area (Å²) in [6.07, 6.45) is 9.40. The summed E-state index contributed by atoms with van der Waals surface area (Å²) in [6.45, 7) is 0.223. The van der Waals surface area contributed by atoms with Gasteiger partial charge in [-0.25, -0.2) is 41.3 Å². The number of rotatable bonds is 13. The molecule has 1 atom stereocenters. The van der Waals surface area contributed by atoms with Gasteiger partial charge in [0.2, 0.25) is 0 Å². The molecule has 1 aliphatic rings. The Hall–Kier alpha value is -6.66. The van der Waals surface area contributed by atoms with E-state index in [-0.39, 0.29) is 29.0 Å². The van der Waals surface area contributed by atoms with Crippen LogP contribution >= 0.6 is 0 Å². The standard InChI is InChI=1S/C42H39F2N7O8S/c1-50-37-23-45-17-16-31(37)40(53)51(42(50)55)28-12-8-25(9-13-28)18-36(41(54)59-29-6-4-3-5-7-29)48-39(52)32-19-34(44)35(20-33(32)43)49-60(56,57)30-14-10-26(11-15-30)27-21-46-38(24-58-2)47-22-27/h8-17,19-23,29,36,49H,3-7,18,24H2,1-2H3,(H,48,52). The molecule has 2 N–H and O–H groups in total. The molecule has 0 spiro atoms. The number of methoxy groups -OCH3 is 1. The summed E-state index contributed by atoms with van der Waals surface area (Å²) in [5, 5.41) is 2.74. The van der Waals surface area contributed by atoms with Crippen LogP contribution in [0.5, 0.6) is 0 Å². The summed E-state index contributed by atoms with van der Waals surface area (Å²) in [4.78, 5) is 65.7. The number of pyridine rings is 1. The van der Waals surface area contributed by atoms with E-state index in [1.54, 1.807) is 24.5 Å². The fourth-order valence-electron chi connectivity index (χ4n) is 6.93. The SMILES string of the molecule is COCc1ncc(-c2ccc(S(=O)(=O)Nc3cc(F)c(C(=O)NC(Cc4ccc(-n5c(=O)c6ccncc6n(C)c5=O)cc4)C(=O)OC4CCCCC4)cc3F)cc2)cn1. The van der Waals surface area contributed by atoms with E-state index in [1.807, 2.05) is 4.72 Å². The van der Waals surface area contributed by atoms with Crippen LogP contribution < -0.4 is 21.3 Å². The van der Waals surface area contributed by atoms with Crippen LogP contribution in [0.15, 0.2) is 106 Å². The van der Waals surface area contributed by atoms with Crippen molar-refractivity contribution in [2.45, 2.75) is 62.2 Å². The van der Waals surface area contributed by atoms with Crippen molar-refractivity contribution in [2.75, 3.05) is 11.8 Å². The van der Waals surface area contributed by atoms with Gasteiger partial charge in [0, 0.05) is 50.8 Å². The number of amides is 1. The molecule has 0 bridgehead atoms. The average molecular weight is 840 g/mol. The van der Waals surface area contributed by atoms with Crippen LogP contribution in [0.1, 0.15) is 53.8 Å². The Morgan fingerprint density at radius 3 is 2.28 bits per heavy atom. The van der Waals surface area contributed by atoms with Crippen molar-refractivity contribution in [1.29, 1.82) is 0 Å². The van der Waals surface area contributed by atoms with Crippen LogP contribution in [0.2, 0.25) is 0 Å². The number of hydrogen-bond donors (Lipinski definition) is 2. The Morgan fingerprint density at radius 2 is 1.60 bits per heavy atom. The highest BCUT2D eigenvalue weighted by Gasteiger charge is 2.29. The summed E-state index contributed by atoms with van der Waals surface area (Å²) in [5.74, 6) is -3.99. The van der Waals surface area contributed by atoms with Gasteiger partial charge >= 0.3 is 11.7 Å². The molecule has 1 saturated carbocycles. The number of halogens is 2. The van der Waals surface area contributed by atoms with E-state index < -0.39 is 68.2 Å². The van der Waals surface area contributed by atoms with Gasteiger partial charge in [-0.05, 0) is 73.2 Å². The van der Waals surface area contributed by atoms with Crippen LogP contribution in [-0.4, -0.2) is 63.6 Å². The van der Waals surface area contributed by atoms with Crippen LogP contribution in [0, 0.1) is 11.6 Å². The number of sulfonamides is 1. The molecule has 60 heavy (non-hydrogen) atoms. The van der Waals surface area contributed by atoms with Crippen molar-refractivity contribution in [3.05, 3.63) is 141 Å². The number of aryl methyl sites for hydroxylation is 1. The maximum atomic E-state index is 15.6. The van der Waals surface area contributed by atoms with E-state index in [4.69, 9.17) is 9.47 Å². The van der Waals surface area contributed by atoms with Gasteiger partial charge in [-0.1, -0.05) is 30.7 Å². The van der Waals surface area contributed by atoms with Gasteiger partial charge in [0.05, 0.1) is 38.9 Å². The molecule has 7 rings (SSSR count). The van der Waals surface area contributed by atoms with Crippen LogP contribution in [0.4, 0.5) is 14.5 Å². The molecule has 1 amide bonds. The topological polar surface area (TPSA) is 193 Å². The number of carbonyl (C=O) groups excluding carboxylic acids is 2. The number of anilines is 1. The van der Waals surface area contributed by atoms with E-state index in [1.165, 1.54) is 73.6 Å². The summed E-state index contributed by atoms with van der Waals surface area (Å²) < 4.78 is 72.5. The first-order valence-corrected chi connectivity index (χ1v) is 20.4. The lowest BCUT2D eigenvalue weighted by Crippen LogP contribution is -2.45. The molecular formula is C42H39F2N7O8S. The van der Waals surface area contributed by atoms with Crippen molar-refractivity contribution in [2.24, 2.45) is 7.05 Å². The van der Waals surface area contributed by atoms with E-state index >= 15 is 8.78 Å². The molecule has 3 heterocycles. The predicted octanol–water partition coefficient (Wildman–Crippen LogP) is 4.98. The lowest BCUT2D eigenvalue weighted by molar-refractivity contribution is -0.152. The zero-order valence-corrected chi connectivity index (χ0v) is 33.2. The molecule has 0 saturated heterocycles. The average Bonchev–Trinajstić information content (AvgIpc) is 3.25. The monoisotopic (exact) mass is 839 g/mol. The second-order valence-electron chi connectivity index (χ2n) is 14.2. The smallest absolute Gasteiger partial charge is 0.335 e. The first kappa shape index (κ1) is 41.5. The van der Waals surface area contributed by atoms with Gasteiger partial charge in [-0.3, -0.25) is 23.9 Å². The van der Waals surface area contributed by atoms with Gasteiger partial charge in [0.25, 0.3) is 21.5 Å². The first-order valence-electron chi connectivity index (χ1n) is 18.9. The van der Waals surface area contributed by atoms with Crippen LogP contribution in [-0.2, 0) is 44.4 Å². The second-order valence-corrected chi connectivity index (χ2v) is 15.9. The highest BCUT2D eigenvalue weighted by Crippen LogP contribution is 2.26. The largest absolute Gasteiger partial charge is 0.461 e. The minimum Gasteiger partial charge on any atom is -0.461 e. The third-order valence-electron chi connectivity index (χ3n) is 10.2. The fraction of sp³-hybridized carbons (Fsp3) is 0.262. The van der Waals surface area contributed by atoms with Gasteiger partial charge in [0.15, 0.2) is 5.82 Å². The summed E-state index contributed by atoms with van der Waals surface area (Å²) >= 11 is 0. The number of esters is 1. The van der Waals surface area contributed by atoms with E-state index in [2.05, 4.69) is 20.3 Å². The van der Waals surface area contributed by atoms with Crippen LogP contribution in [0.25, 0.3) is 27.7 Å². The number of carbonyl (C=O) groups is 2. The van der Waals surface area contributed by atoms with Gasteiger partial charge in [0.1, 0.15) is 30.4 Å². The molecule has 1 aliphatic carbocycles. The van der Waals surface area contributed by atoms with Crippen molar-refractivity contribution >= 4 is 38.5 Å². The third kappa shape index (κ3) is 8.98. The molecule has 310 valence electrons. The summed E-state index contributed by atoms with van der Waals surface area (Å²) in [5.41, 5.74) is -0.384.